The molecular formula is C29H50N4O9S. The fourth-order valence-corrected chi connectivity index (χ4v) is 6.29. The molecule has 14 heteroatoms. The number of rotatable bonds is 14. The Morgan fingerprint density at radius 1 is 0.977 bits per heavy atom. The highest BCUT2D eigenvalue weighted by Gasteiger charge is 2.50. The van der Waals surface area contributed by atoms with Crippen LogP contribution in [0.4, 0.5) is 4.79 Å². The van der Waals surface area contributed by atoms with E-state index < -0.39 is 46.5 Å². The molecule has 0 spiro atoms. The maximum Gasteiger partial charge on any atom is 0.421 e. The zero-order chi connectivity index (χ0) is 32.0. The predicted molar refractivity (Wildman–Crippen MR) is 157 cm³/mol. The molecule has 0 aliphatic carbocycles. The lowest BCUT2D eigenvalue weighted by Crippen LogP contribution is -2.54. The van der Waals surface area contributed by atoms with Crippen LogP contribution in [0.2, 0.25) is 0 Å². The summed E-state index contributed by atoms with van der Waals surface area (Å²) in [7, 11) is -4.68. The van der Waals surface area contributed by atoms with E-state index in [1.807, 2.05) is 25.7 Å². The zero-order valence-corrected chi connectivity index (χ0v) is 27.4. The van der Waals surface area contributed by atoms with E-state index in [9.17, 15) is 27.6 Å². The molecule has 0 aromatic heterocycles. The van der Waals surface area contributed by atoms with Gasteiger partial charge in [0.2, 0.25) is 11.8 Å². The first-order valence-electron chi connectivity index (χ1n) is 15.5. The minimum Gasteiger partial charge on any atom is -0.465 e. The van der Waals surface area contributed by atoms with Gasteiger partial charge in [-0.25, -0.2) is 8.98 Å². The van der Waals surface area contributed by atoms with Gasteiger partial charge < -0.3 is 19.9 Å². The molecule has 3 saturated heterocycles. The number of fused-ring (bicyclic) bond motifs is 2. The SMILES string of the molecule is CCCCCCOC(=O)C(C)(C)COS(=O)(=O)ON1C(=O)N2C[C@H]1CC[C@H]2C(=O)NC1CCN(C(=O)CC(C)(C)C)CC1. The number of hydrogen-bond donors (Lipinski definition) is 1. The summed E-state index contributed by atoms with van der Waals surface area (Å²) in [6.07, 6.45) is 6.19. The van der Waals surface area contributed by atoms with Crippen LogP contribution >= 0.6 is 0 Å². The Kier molecular flexibility index (Phi) is 11.9. The normalized spacial score (nSPS) is 21.7. The molecule has 3 fully saturated rings. The Balaban J connectivity index is 1.47. The molecule has 0 radical (unpaired) electrons. The molecule has 0 unspecified atom stereocenters. The fourth-order valence-electron chi connectivity index (χ4n) is 5.43. The second-order valence-electron chi connectivity index (χ2n) is 13.7. The van der Waals surface area contributed by atoms with Crippen molar-refractivity contribution in [3.63, 3.8) is 0 Å². The summed E-state index contributed by atoms with van der Waals surface area (Å²) in [5.41, 5.74) is -1.35. The highest BCUT2D eigenvalue weighted by molar-refractivity contribution is 7.81. The van der Waals surface area contributed by atoms with Crippen molar-refractivity contribution in [3.8, 4) is 0 Å². The molecule has 4 amide bonds. The first-order chi connectivity index (χ1) is 20.0. The standard InChI is InChI=1S/C29H50N4O9S/c1-7-8-9-10-17-40-26(36)29(5,6)20-41-43(38,39)42-33-22-11-12-23(32(19-22)27(33)37)25(35)30-21-13-15-31(16-14-21)24(34)18-28(2,3)4/h21-23H,7-20H2,1-6H3,(H,30,35)/t22-,23+/m1/s1. The van der Waals surface area contributed by atoms with Crippen molar-refractivity contribution >= 4 is 34.2 Å². The number of hydroxylamine groups is 2. The second-order valence-corrected chi connectivity index (χ2v) is 14.9. The number of urea groups is 1. The van der Waals surface area contributed by atoms with Gasteiger partial charge in [-0.15, -0.1) is 4.28 Å². The summed E-state index contributed by atoms with van der Waals surface area (Å²) < 4.78 is 40.6. The molecule has 3 aliphatic rings. The van der Waals surface area contributed by atoms with Crippen LogP contribution in [0.3, 0.4) is 0 Å². The summed E-state index contributed by atoms with van der Waals surface area (Å²) in [5.74, 6) is -0.782. The van der Waals surface area contributed by atoms with E-state index >= 15 is 0 Å². The van der Waals surface area contributed by atoms with Gasteiger partial charge in [0.05, 0.1) is 24.7 Å². The maximum atomic E-state index is 13.2. The third-order valence-corrected chi connectivity index (χ3v) is 8.77. The third-order valence-electron chi connectivity index (χ3n) is 8.02. The molecule has 13 nitrogen and oxygen atoms in total. The molecule has 2 bridgehead atoms. The Hall–Kier alpha value is -2.45. The van der Waals surface area contributed by atoms with Gasteiger partial charge in [-0.1, -0.05) is 47.0 Å². The van der Waals surface area contributed by atoms with Crippen LogP contribution in [0.5, 0.6) is 0 Å². The zero-order valence-electron chi connectivity index (χ0n) is 26.6. The highest BCUT2D eigenvalue weighted by atomic mass is 32.3. The highest BCUT2D eigenvalue weighted by Crippen LogP contribution is 2.32. The summed E-state index contributed by atoms with van der Waals surface area (Å²) >= 11 is 0. The van der Waals surface area contributed by atoms with Crippen LogP contribution in [-0.4, -0.2) is 98.1 Å². The number of esters is 1. The van der Waals surface area contributed by atoms with Gasteiger partial charge in [0, 0.05) is 32.1 Å². The Labute approximate surface area is 256 Å². The molecule has 0 aromatic rings. The molecular weight excluding hydrogens is 580 g/mol. The van der Waals surface area contributed by atoms with E-state index in [0.29, 0.717) is 45.2 Å². The summed E-state index contributed by atoms with van der Waals surface area (Å²) in [6.45, 7) is 12.1. The van der Waals surface area contributed by atoms with Gasteiger partial charge in [0.15, 0.2) is 0 Å². The van der Waals surface area contributed by atoms with E-state index in [1.54, 1.807) is 0 Å². The van der Waals surface area contributed by atoms with E-state index in [1.165, 1.54) is 18.7 Å². The van der Waals surface area contributed by atoms with Crippen LogP contribution < -0.4 is 5.32 Å². The largest absolute Gasteiger partial charge is 0.465 e. The van der Waals surface area contributed by atoms with Crippen molar-refractivity contribution < 1.29 is 40.8 Å². The number of unbranched alkanes of at least 4 members (excludes halogenated alkanes) is 3. The first-order valence-corrected chi connectivity index (χ1v) is 16.8. The quantitative estimate of drug-likeness (QED) is 0.225. The molecule has 0 aromatic carbocycles. The minimum atomic E-state index is -4.68. The number of hydrogen-bond acceptors (Lipinski definition) is 9. The number of piperidine rings is 2. The molecule has 246 valence electrons. The number of ether oxygens (including phenoxy) is 1. The molecule has 43 heavy (non-hydrogen) atoms. The lowest BCUT2D eigenvalue weighted by atomic mass is 9.91. The van der Waals surface area contributed by atoms with Crippen molar-refractivity contribution in [3.05, 3.63) is 0 Å². The van der Waals surface area contributed by atoms with Gasteiger partial charge in [-0.05, 0) is 51.4 Å². The van der Waals surface area contributed by atoms with Gasteiger partial charge in [0.25, 0.3) is 0 Å². The Morgan fingerprint density at radius 2 is 1.65 bits per heavy atom. The van der Waals surface area contributed by atoms with Gasteiger partial charge in [0.1, 0.15) is 6.04 Å². The number of carbonyl (C=O) groups excluding carboxylic acids is 4. The average Bonchev–Trinajstić information content (AvgIpc) is 3.15. The van der Waals surface area contributed by atoms with E-state index in [0.717, 1.165) is 30.7 Å². The van der Waals surface area contributed by atoms with Crippen LogP contribution in [0.1, 0.15) is 99.3 Å². The van der Waals surface area contributed by atoms with E-state index in [4.69, 9.17) is 13.2 Å². The van der Waals surface area contributed by atoms with Crippen molar-refractivity contribution in [2.24, 2.45) is 10.8 Å². The first kappa shape index (κ1) is 35.0. The minimum absolute atomic E-state index is 0.0931. The average molecular weight is 631 g/mol. The van der Waals surface area contributed by atoms with Crippen LogP contribution in [0, 0.1) is 10.8 Å². The van der Waals surface area contributed by atoms with E-state index in [2.05, 4.69) is 12.2 Å². The lowest BCUT2D eigenvalue weighted by Gasteiger charge is -2.35. The number of likely N-dealkylation sites (tertiary alicyclic amines) is 1. The Bertz CT molecular complexity index is 1110. The number of nitrogens with one attached hydrogen (secondary N) is 1. The van der Waals surface area contributed by atoms with Crippen LogP contribution in [-0.2, 0) is 38.0 Å². The van der Waals surface area contributed by atoms with Crippen LogP contribution in [0.25, 0.3) is 0 Å². The van der Waals surface area contributed by atoms with Gasteiger partial charge in [-0.2, -0.15) is 13.5 Å². The van der Waals surface area contributed by atoms with Crippen LogP contribution in [0.15, 0.2) is 0 Å². The summed E-state index contributed by atoms with van der Waals surface area (Å²) in [5, 5.41) is 3.77. The van der Waals surface area contributed by atoms with Gasteiger partial charge in [-0.3, -0.25) is 14.4 Å². The fraction of sp³-hybridized carbons (Fsp3) is 0.862. The van der Waals surface area contributed by atoms with Crippen molar-refractivity contribution in [1.82, 2.24) is 20.2 Å². The summed E-state index contributed by atoms with van der Waals surface area (Å²) in [4.78, 5) is 54.4. The molecule has 3 rings (SSSR count). The van der Waals surface area contributed by atoms with Crippen molar-refractivity contribution in [2.45, 2.75) is 117 Å². The van der Waals surface area contributed by atoms with Crippen molar-refractivity contribution in [1.29, 1.82) is 0 Å². The van der Waals surface area contributed by atoms with E-state index in [-0.39, 0.29) is 36.4 Å². The molecule has 2 atom stereocenters. The summed E-state index contributed by atoms with van der Waals surface area (Å²) in [6, 6.07) is -2.17. The molecule has 3 aliphatic heterocycles. The van der Waals surface area contributed by atoms with Gasteiger partial charge >= 0.3 is 22.4 Å². The predicted octanol–water partition coefficient (Wildman–Crippen LogP) is 3.14. The smallest absolute Gasteiger partial charge is 0.421 e. The monoisotopic (exact) mass is 630 g/mol. The number of amides is 4. The van der Waals surface area contributed by atoms with Crippen molar-refractivity contribution in [2.75, 3.05) is 32.8 Å². The third kappa shape index (κ3) is 10.0. The Morgan fingerprint density at radius 3 is 2.28 bits per heavy atom. The topological polar surface area (TPSA) is 152 Å². The molecule has 3 heterocycles. The second kappa shape index (κ2) is 14.6. The molecule has 1 N–H and O–H groups in total. The number of carbonyl (C=O) groups is 4. The lowest BCUT2D eigenvalue weighted by molar-refractivity contribution is -0.156. The maximum absolute atomic E-state index is 13.2. The number of nitrogens with zero attached hydrogens (tertiary/aromatic N) is 3. The molecule has 0 saturated carbocycles.